The third kappa shape index (κ3) is 4.04. The van der Waals surface area contributed by atoms with Crippen LogP contribution in [0, 0.1) is 5.82 Å². The molecular formula is C21H20F4N2O. The molecule has 4 rings (SSSR count). The Balaban J connectivity index is 1.45. The van der Waals surface area contributed by atoms with Crippen LogP contribution in [-0.2, 0) is 17.6 Å². The fraction of sp³-hybridized carbons (Fsp3) is 0.381. The number of alkyl halides is 3. The van der Waals surface area contributed by atoms with Crippen molar-refractivity contribution in [2.24, 2.45) is 5.16 Å². The molecule has 0 amide bonds. The van der Waals surface area contributed by atoms with E-state index in [1.165, 1.54) is 18.2 Å². The first kappa shape index (κ1) is 18.9. The van der Waals surface area contributed by atoms with Crippen LogP contribution in [0.3, 0.4) is 0 Å². The molecule has 1 spiro atoms. The Morgan fingerprint density at radius 2 is 1.89 bits per heavy atom. The Morgan fingerprint density at radius 1 is 1.11 bits per heavy atom. The van der Waals surface area contributed by atoms with Crippen molar-refractivity contribution in [1.82, 2.24) is 4.90 Å². The van der Waals surface area contributed by atoms with Gasteiger partial charge in [-0.15, -0.1) is 0 Å². The van der Waals surface area contributed by atoms with Gasteiger partial charge in [0.1, 0.15) is 5.82 Å². The van der Waals surface area contributed by atoms with E-state index < -0.39 is 17.3 Å². The van der Waals surface area contributed by atoms with Crippen LogP contribution in [0.2, 0.25) is 0 Å². The second-order valence-corrected chi connectivity index (χ2v) is 7.51. The summed E-state index contributed by atoms with van der Waals surface area (Å²) in [6.07, 6.45) is -2.19. The summed E-state index contributed by atoms with van der Waals surface area (Å²) in [4.78, 5) is 7.99. The average molecular weight is 392 g/mol. The highest BCUT2D eigenvalue weighted by atomic mass is 19.4. The molecule has 0 saturated carbocycles. The van der Waals surface area contributed by atoms with Crippen LogP contribution in [-0.4, -0.2) is 29.3 Å². The Morgan fingerprint density at radius 3 is 2.64 bits per heavy atom. The first-order valence-corrected chi connectivity index (χ1v) is 9.23. The molecule has 1 fully saturated rings. The highest BCUT2D eigenvalue weighted by Crippen LogP contribution is 2.36. The molecule has 28 heavy (non-hydrogen) atoms. The molecule has 0 bridgehead atoms. The van der Waals surface area contributed by atoms with E-state index in [1.54, 1.807) is 18.2 Å². The van der Waals surface area contributed by atoms with E-state index in [4.69, 9.17) is 4.84 Å². The molecule has 1 saturated heterocycles. The summed E-state index contributed by atoms with van der Waals surface area (Å²) >= 11 is 0. The van der Waals surface area contributed by atoms with Crippen LogP contribution in [0.15, 0.2) is 53.7 Å². The number of hydrogen-bond donors (Lipinski definition) is 0. The number of piperidine rings is 1. The van der Waals surface area contributed by atoms with Gasteiger partial charge in [-0.1, -0.05) is 29.4 Å². The largest absolute Gasteiger partial charge is 0.416 e. The molecule has 1 atom stereocenters. The van der Waals surface area contributed by atoms with Gasteiger partial charge in [-0.25, -0.2) is 4.39 Å². The van der Waals surface area contributed by atoms with Gasteiger partial charge in [0.05, 0.1) is 11.3 Å². The summed E-state index contributed by atoms with van der Waals surface area (Å²) in [6.45, 7) is 2.20. The quantitative estimate of drug-likeness (QED) is 0.687. The van der Waals surface area contributed by atoms with E-state index in [2.05, 4.69) is 10.1 Å². The maximum absolute atomic E-state index is 13.1. The maximum Gasteiger partial charge on any atom is 0.416 e. The highest BCUT2D eigenvalue weighted by Gasteiger charge is 2.43. The molecule has 3 nitrogen and oxygen atoms in total. The molecule has 1 unspecified atom stereocenters. The van der Waals surface area contributed by atoms with E-state index in [0.29, 0.717) is 30.8 Å². The lowest BCUT2D eigenvalue weighted by molar-refractivity contribution is -0.137. The van der Waals surface area contributed by atoms with Gasteiger partial charge in [0.25, 0.3) is 0 Å². The number of hydrogen-bond acceptors (Lipinski definition) is 3. The minimum absolute atomic E-state index is 0.267. The highest BCUT2D eigenvalue weighted by molar-refractivity contribution is 6.01. The zero-order valence-corrected chi connectivity index (χ0v) is 15.2. The Bertz CT molecular complexity index is 879. The number of nitrogens with zero attached hydrogens (tertiary/aromatic N) is 2. The zero-order valence-electron chi connectivity index (χ0n) is 15.2. The van der Waals surface area contributed by atoms with Crippen LogP contribution in [0.25, 0.3) is 0 Å². The lowest BCUT2D eigenvalue weighted by Gasteiger charge is -2.38. The van der Waals surface area contributed by atoms with Gasteiger partial charge in [-0.3, -0.25) is 4.90 Å². The SMILES string of the molecule is Fc1ccc(CN2CCCC3(CC(c4cccc(C(F)(F)F)c4)=NO3)C2)cc1. The van der Waals surface area contributed by atoms with Gasteiger partial charge >= 0.3 is 6.18 Å². The van der Waals surface area contributed by atoms with Crippen molar-refractivity contribution in [2.75, 3.05) is 13.1 Å². The molecule has 0 aliphatic carbocycles. The first-order chi connectivity index (χ1) is 13.3. The Labute approximate surface area is 160 Å². The summed E-state index contributed by atoms with van der Waals surface area (Å²) in [5.41, 5.74) is 0.810. The van der Waals surface area contributed by atoms with Crippen molar-refractivity contribution in [3.8, 4) is 0 Å². The average Bonchev–Trinajstić information content (AvgIpc) is 3.06. The van der Waals surface area contributed by atoms with Crippen LogP contribution >= 0.6 is 0 Å². The maximum atomic E-state index is 13.1. The van der Waals surface area contributed by atoms with Crippen molar-refractivity contribution >= 4 is 5.71 Å². The molecule has 2 heterocycles. The predicted molar refractivity (Wildman–Crippen MR) is 97.3 cm³/mol. The predicted octanol–water partition coefficient (Wildman–Crippen LogP) is 5.00. The molecule has 0 radical (unpaired) electrons. The number of oxime groups is 1. The van der Waals surface area contributed by atoms with Crippen molar-refractivity contribution in [3.63, 3.8) is 0 Å². The minimum Gasteiger partial charge on any atom is -0.387 e. The van der Waals surface area contributed by atoms with Crippen molar-refractivity contribution < 1.29 is 22.4 Å². The van der Waals surface area contributed by atoms with Crippen LogP contribution in [0.5, 0.6) is 0 Å². The third-order valence-corrected chi connectivity index (χ3v) is 5.30. The zero-order chi connectivity index (χ0) is 19.8. The summed E-state index contributed by atoms with van der Waals surface area (Å²) in [6, 6.07) is 11.6. The second kappa shape index (κ2) is 7.20. The molecule has 2 aliphatic rings. The monoisotopic (exact) mass is 392 g/mol. The normalized spacial score (nSPS) is 22.9. The van der Waals surface area contributed by atoms with Gasteiger partial charge in [0, 0.05) is 25.1 Å². The lowest BCUT2D eigenvalue weighted by atomic mass is 9.86. The van der Waals surface area contributed by atoms with Crippen LogP contribution < -0.4 is 0 Å². The molecule has 0 N–H and O–H groups in total. The topological polar surface area (TPSA) is 24.8 Å². The fourth-order valence-electron chi connectivity index (χ4n) is 3.94. The number of likely N-dealkylation sites (tertiary alicyclic amines) is 1. The van der Waals surface area contributed by atoms with Gasteiger partial charge < -0.3 is 4.84 Å². The summed E-state index contributed by atoms with van der Waals surface area (Å²) in [5.74, 6) is -0.267. The van der Waals surface area contributed by atoms with E-state index in [-0.39, 0.29) is 5.82 Å². The molecule has 2 aliphatic heterocycles. The van der Waals surface area contributed by atoms with Gasteiger partial charge in [0.2, 0.25) is 0 Å². The van der Waals surface area contributed by atoms with E-state index in [0.717, 1.165) is 37.1 Å². The van der Waals surface area contributed by atoms with Gasteiger partial charge in [-0.2, -0.15) is 13.2 Å². The van der Waals surface area contributed by atoms with Crippen molar-refractivity contribution in [2.45, 2.75) is 37.6 Å². The first-order valence-electron chi connectivity index (χ1n) is 9.23. The number of halogens is 4. The number of benzene rings is 2. The van der Waals surface area contributed by atoms with Crippen LogP contribution in [0.4, 0.5) is 17.6 Å². The fourth-order valence-corrected chi connectivity index (χ4v) is 3.94. The third-order valence-electron chi connectivity index (χ3n) is 5.30. The smallest absolute Gasteiger partial charge is 0.387 e. The van der Waals surface area contributed by atoms with Crippen molar-refractivity contribution in [1.29, 1.82) is 0 Å². The molecule has 2 aromatic carbocycles. The summed E-state index contributed by atoms with van der Waals surface area (Å²) in [5, 5.41) is 4.13. The standard InChI is InChI=1S/C21H20F4N2O/c22-18-7-5-15(6-8-18)13-27-10-2-9-20(14-27)12-19(26-28-20)16-3-1-4-17(11-16)21(23,24)25/h1,3-8,11H,2,9-10,12-14H2. The Hall–Kier alpha value is -2.41. The summed E-state index contributed by atoms with van der Waals surface area (Å²) in [7, 11) is 0. The second-order valence-electron chi connectivity index (χ2n) is 7.51. The minimum atomic E-state index is -4.38. The molecule has 7 heteroatoms. The summed E-state index contributed by atoms with van der Waals surface area (Å²) < 4.78 is 52.0. The van der Waals surface area contributed by atoms with Gasteiger partial charge in [0.15, 0.2) is 5.60 Å². The molecule has 148 valence electrons. The van der Waals surface area contributed by atoms with Crippen molar-refractivity contribution in [3.05, 3.63) is 71.0 Å². The van der Waals surface area contributed by atoms with E-state index in [9.17, 15) is 17.6 Å². The lowest BCUT2D eigenvalue weighted by Crippen LogP contribution is -2.47. The molecule has 0 aromatic heterocycles. The Kier molecular flexibility index (Phi) is 4.87. The van der Waals surface area contributed by atoms with E-state index >= 15 is 0 Å². The van der Waals surface area contributed by atoms with Gasteiger partial charge in [-0.05, 0) is 49.2 Å². The number of rotatable bonds is 3. The van der Waals surface area contributed by atoms with Crippen LogP contribution in [0.1, 0.15) is 36.0 Å². The molecule has 2 aromatic rings. The molecular weight excluding hydrogens is 372 g/mol. The van der Waals surface area contributed by atoms with E-state index in [1.807, 2.05) is 0 Å².